The first-order valence-electron chi connectivity index (χ1n) is 9.25. The van der Waals surface area contributed by atoms with E-state index in [0.29, 0.717) is 5.69 Å². The van der Waals surface area contributed by atoms with E-state index < -0.39 is 0 Å². The number of nitrogens with one attached hydrogen (secondary N) is 1. The molecule has 2 aromatic rings. The number of carbonyl (C=O) groups is 1. The number of hydrogen-bond acceptors (Lipinski definition) is 3. The first kappa shape index (κ1) is 19.3. The van der Waals surface area contributed by atoms with Crippen LogP contribution in [0.3, 0.4) is 0 Å². The van der Waals surface area contributed by atoms with Crippen LogP contribution in [0.2, 0.25) is 0 Å². The van der Waals surface area contributed by atoms with Crippen molar-refractivity contribution in [3.8, 4) is 0 Å². The van der Waals surface area contributed by atoms with E-state index in [1.807, 2.05) is 13.8 Å². The Balaban J connectivity index is 1.61. The molecule has 1 unspecified atom stereocenters. The molecule has 0 aromatic heterocycles. The van der Waals surface area contributed by atoms with Crippen molar-refractivity contribution < 1.29 is 13.6 Å². The molecule has 0 saturated carbocycles. The smallest absolute Gasteiger partial charge is 0.241 e. The number of rotatable bonds is 4. The molecule has 0 radical (unpaired) electrons. The summed E-state index contributed by atoms with van der Waals surface area (Å²) in [6, 6.07) is 10.6. The monoisotopic (exact) mass is 373 g/mol. The predicted octanol–water partition coefficient (Wildman–Crippen LogP) is 3.81. The molecule has 1 fully saturated rings. The second-order valence-electron chi connectivity index (χ2n) is 6.98. The lowest BCUT2D eigenvalue weighted by Gasteiger charge is -2.27. The van der Waals surface area contributed by atoms with Gasteiger partial charge in [-0.1, -0.05) is 6.07 Å². The molecule has 0 spiro atoms. The lowest BCUT2D eigenvalue weighted by molar-refractivity contribution is -0.120. The molecule has 1 aliphatic rings. The van der Waals surface area contributed by atoms with Gasteiger partial charge in [-0.05, 0) is 62.2 Å². The summed E-state index contributed by atoms with van der Waals surface area (Å²) in [5.41, 5.74) is 2.33. The number of hydrogen-bond donors (Lipinski definition) is 1. The van der Waals surface area contributed by atoms with Crippen LogP contribution < -0.4 is 10.2 Å². The third-order valence-electron chi connectivity index (χ3n) is 5.11. The average molecular weight is 373 g/mol. The van der Waals surface area contributed by atoms with Crippen LogP contribution in [0.15, 0.2) is 42.5 Å². The maximum Gasteiger partial charge on any atom is 0.241 e. The molecular weight excluding hydrogens is 348 g/mol. The Morgan fingerprint density at radius 3 is 2.44 bits per heavy atom. The second kappa shape index (κ2) is 8.48. The lowest BCUT2D eigenvalue weighted by atomic mass is 10.1. The quantitative estimate of drug-likeness (QED) is 0.885. The van der Waals surface area contributed by atoms with Crippen molar-refractivity contribution in [3.05, 3.63) is 59.7 Å². The highest BCUT2D eigenvalue weighted by Crippen LogP contribution is 2.19. The van der Waals surface area contributed by atoms with Gasteiger partial charge < -0.3 is 10.2 Å². The summed E-state index contributed by atoms with van der Waals surface area (Å²) >= 11 is 0. The minimum absolute atomic E-state index is 0.140. The van der Waals surface area contributed by atoms with Gasteiger partial charge in [-0.3, -0.25) is 9.69 Å². The van der Waals surface area contributed by atoms with Crippen molar-refractivity contribution >= 4 is 17.3 Å². The van der Waals surface area contributed by atoms with Gasteiger partial charge in [0.1, 0.15) is 11.6 Å². The zero-order valence-electron chi connectivity index (χ0n) is 15.7. The van der Waals surface area contributed by atoms with E-state index in [1.165, 1.54) is 24.3 Å². The van der Waals surface area contributed by atoms with E-state index in [2.05, 4.69) is 15.1 Å². The van der Waals surface area contributed by atoms with Gasteiger partial charge in [-0.2, -0.15) is 0 Å². The number of nitrogens with zero attached hydrogens (tertiary/aromatic N) is 2. The van der Waals surface area contributed by atoms with Crippen LogP contribution in [-0.4, -0.2) is 43.0 Å². The fourth-order valence-electron chi connectivity index (χ4n) is 3.37. The van der Waals surface area contributed by atoms with Crippen LogP contribution in [-0.2, 0) is 4.79 Å². The molecule has 3 rings (SSSR count). The first-order valence-corrected chi connectivity index (χ1v) is 9.25. The minimum atomic E-state index is -0.367. The fourth-order valence-corrected chi connectivity index (χ4v) is 3.37. The number of aryl methyl sites for hydroxylation is 1. The predicted molar refractivity (Wildman–Crippen MR) is 104 cm³/mol. The highest BCUT2D eigenvalue weighted by atomic mass is 19.1. The number of amides is 1. The SMILES string of the molecule is Cc1ccc(F)cc1NC(=O)C(C)N1CCCN(c2ccc(F)cc2)CC1. The molecule has 1 saturated heterocycles. The zero-order valence-corrected chi connectivity index (χ0v) is 15.7. The maximum absolute atomic E-state index is 13.4. The summed E-state index contributed by atoms with van der Waals surface area (Å²) in [5, 5.41) is 2.84. The van der Waals surface area contributed by atoms with Gasteiger partial charge in [-0.25, -0.2) is 8.78 Å². The largest absolute Gasteiger partial charge is 0.370 e. The van der Waals surface area contributed by atoms with Gasteiger partial charge in [0.15, 0.2) is 0 Å². The summed E-state index contributed by atoms with van der Waals surface area (Å²) in [6.45, 7) is 6.87. The van der Waals surface area contributed by atoms with Crippen molar-refractivity contribution in [2.24, 2.45) is 0 Å². The third kappa shape index (κ3) is 4.83. The third-order valence-corrected chi connectivity index (χ3v) is 5.11. The molecule has 144 valence electrons. The summed E-state index contributed by atoms with van der Waals surface area (Å²) in [6.07, 6.45) is 0.911. The number of anilines is 2. The number of halogens is 2. The van der Waals surface area contributed by atoms with Gasteiger partial charge in [0.2, 0.25) is 5.91 Å². The Hall–Kier alpha value is -2.47. The Morgan fingerprint density at radius 2 is 1.70 bits per heavy atom. The van der Waals surface area contributed by atoms with Crippen molar-refractivity contribution in [1.29, 1.82) is 0 Å². The van der Waals surface area contributed by atoms with E-state index >= 15 is 0 Å². The Bertz CT molecular complexity index is 795. The van der Waals surface area contributed by atoms with Crippen LogP contribution in [0, 0.1) is 18.6 Å². The van der Waals surface area contributed by atoms with Gasteiger partial charge in [0.25, 0.3) is 0 Å². The summed E-state index contributed by atoms with van der Waals surface area (Å²) in [4.78, 5) is 17.0. The average Bonchev–Trinajstić information content (AvgIpc) is 2.91. The molecule has 1 amide bonds. The second-order valence-corrected chi connectivity index (χ2v) is 6.98. The lowest BCUT2D eigenvalue weighted by Crippen LogP contribution is -2.44. The number of carbonyl (C=O) groups excluding carboxylic acids is 1. The summed E-state index contributed by atoms with van der Waals surface area (Å²) in [5.74, 6) is -0.750. The molecule has 4 nitrogen and oxygen atoms in total. The molecular formula is C21H25F2N3O. The van der Waals surface area contributed by atoms with Crippen LogP contribution >= 0.6 is 0 Å². The summed E-state index contributed by atoms with van der Waals surface area (Å²) in [7, 11) is 0. The van der Waals surface area contributed by atoms with E-state index in [4.69, 9.17) is 0 Å². The Kier molecular flexibility index (Phi) is 6.06. The van der Waals surface area contributed by atoms with E-state index in [0.717, 1.165) is 43.9 Å². The van der Waals surface area contributed by atoms with Gasteiger partial charge in [0, 0.05) is 37.6 Å². The highest BCUT2D eigenvalue weighted by Gasteiger charge is 2.24. The van der Waals surface area contributed by atoms with Crippen molar-refractivity contribution in [1.82, 2.24) is 4.90 Å². The molecule has 1 aliphatic heterocycles. The van der Waals surface area contributed by atoms with Gasteiger partial charge in [-0.15, -0.1) is 0 Å². The molecule has 1 atom stereocenters. The molecule has 1 heterocycles. The molecule has 1 N–H and O–H groups in total. The van der Waals surface area contributed by atoms with Crippen molar-refractivity contribution in [3.63, 3.8) is 0 Å². The molecule has 27 heavy (non-hydrogen) atoms. The van der Waals surface area contributed by atoms with Crippen molar-refractivity contribution in [2.75, 3.05) is 36.4 Å². The van der Waals surface area contributed by atoms with Gasteiger partial charge in [0.05, 0.1) is 6.04 Å². The van der Waals surface area contributed by atoms with E-state index in [-0.39, 0.29) is 23.6 Å². The van der Waals surface area contributed by atoms with Crippen LogP contribution in [0.4, 0.5) is 20.2 Å². The van der Waals surface area contributed by atoms with Crippen LogP contribution in [0.25, 0.3) is 0 Å². The standard InChI is InChI=1S/C21H25F2N3O/c1-15-4-5-18(23)14-20(15)24-21(27)16(2)25-10-3-11-26(13-12-25)19-8-6-17(22)7-9-19/h4-9,14,16H,3,10-13H2,1-2H3,(H,24,27). The van der Waals surface area contributed by atoms with Gasteiger partial charge >= 0.3 is 0 Å². The molecule has 0 aliphatic carbocycles. The number of benzene rings is 2. The van der Waals surface area contributed by atoms with Crippen LogP contribution in [0.5, 0.6) is 0 Å². The molecule has 6 heteroatoms. The normalized spacial score (nSPS) is 16.7. The zero-order chi connectivity index (χ0) is 19.4. The van der Waals surface area contributed by atoms with E-state index in [1.54, 1.807) is 18.2 Å². The van der Waals surface area contributed by atoms with Crippen LogP contribution in [0.1, 0.15) is 18.9 Å². The van der Waals surface area contributed by atoms with E-state index in [9.17, 15) is 13.6 Å². The Morgan fingerprint density at radius 1 is 1.00 bits per heavy atom. The first-order chi connectivity index (χ1) is 12.9. The fraction of sp³-hybridized carbons (Fsp3) is 0.381. The molecule has 2 aromatic carbocycles. The van der Waals surface area contributed by atoms with Crippen molar-refractivity contribution in [2.45, 2.75) is 26.3 Å². The summed E-state index contributed by atoms with van der Waals surface area (Å²) < 4.78 is 26.6. The Labute approximate surface area is 158 Å². The minimum Gasteiger partial charge on any atom is -0.370 e. The maximum atomic E-state index is 13.4. The highest BCUT2D eigenvalue weighted by molar-refractivity contribution is 5.95. The topological polar surface area (TPSA) is 35.6 Å². The molecule has 0 bridgehead atoms.